The molecule has 0 aliphatic heterocycles. The van der Waals surface area contributed by atoms with E-state index in [0.29, 0.717) is 0 Å². The van der Waals surface area contributed by atoms with E-state index in [1.54, 1.807) is 0 Å². The molecule has 0 heterocycles. The highest BCUT2D eigenvalue weighted by molar-refractivity contribution is 6.74. The van der Waals surface area contributed by atoms with Crippen molar-refractivity contribution in [2.75, 3.05) is 0 Å². The number of unbranched alkanes of at least 4 members (excludes halogenated alkanes) is 1. The van der Waals surface area contributed by atoms with Gasteiger partial charge in [0.2, 0.25) is 0 Å². The summed E-state index contributed by atoms with van der Waals surface area (Å²) >= 11 is 0. The first-order valence-electron chi connectivity index (χ1n) is 18.5. The van der Waals surface area contributed by atoms with Crippen molar-refractivity contribution in [2.24, 2.45) is 5.92 Å². The topological polar surface area (TPSA) is 27.7 Å². The second kappa shape index (κ2) is 17.4. The molecule has 0 aromatic heterocycles. The fourth-order valence-electron chi connectivity index (χ4n) is 5.97. The summed E-state index contributed by atoms with van der Waals surface area (Å²) in [6, 6.07) is 3.70. The molecule has 3 atom stereocenters. The summed E-state index contributed by atoms with van der Waals surface area (Å²) in [7, 11) is -5.43. The van der Waals surface area contributed by atoms with Gasteiger partial charge in [-0.15, -0.1) is 18.1 Å². The van der Waals surface area contributed by atoms with Crippen LogP contribution < -0.4 is 0 Å². The van der Waals surface area contributed by atoms with Crippen LogP contribution >= 0.6 is 0 Å². The monoisotopic (exact) mass is 679 g/mol. The first-order chi connectivity index (χ1) is 20.4. The summed E-state index contributed by atoms with van der Waals surface area (Å²) < 4.78 is 20.8. The predicted octanol–water partition coefficient (Wildman–Crippen LogP) is 13.4. The summed E-state index contributed by atoms with van der Waals surface area (Å²) in [5, 5.41) is 0.329. The van der Waals surface area contributed by atoms with E-state index >= 15 is 0 Å². The van der Waals surface area contributed by atoms with Crippen molar-refractivity contribution in [1.29, 1.82) is 0 Å². The number of hydrogen-bond acceptors (Lipinski definition) is 3. The van der Waals surface area contributed by atoms with E-state index in [1.807, 2.05) is 0 Å². The van der Waals surface area contributed by atoms with E-state index in [-0.39, 0.29) is 27.9 Å². The quantitative estimate of drug-likeness (QED) is 0.0820. The van der Waals surface area contributed by atoms with Crippen LogP contribution in [0.15, 0.2) is 36.0 Å². The third-order valence-electron chi connectivity index (χ3n) is 11.6. The second-order valence-corrected chi connectivity index (χ2v) is 32.2. The van der Waals surface area contributed by atoms with Gasteiger partial charge in [0.05, 0.1) is 12.2 Å². The first kappa shape index (κ1) is 42.8. The van der Waals surface area contributed by atoms with Gasteiger partial charge in [-0.25, -0.2) is 0 Å². The van der Waals surface area contributed by atoms with Gasteiger partial charge in [0.1, 0.15) is 0 Å². The third-order valence-corrected chi connectivity index (χ3v) is 25.5. The van der Waals surface area contributed by atoms with Crippen molar-refractivity contribution >= 4 is 25.0 Å². The molecule has 0 bridgehead atoms. The molecule has 1 aliphatic carbocycles. The van der Waals surface area contributed by atoms with Gasteiger partial charge < -0.3 is 13.3 Å². The van der Waals surface area contributed by atoms with Crippen molar-refractivity contribution in [3.8, 4) is 0 Å². The summed E-state index contributed by atoms with van der Waals surface area (Å²) in [4.78, 5) is 0. The van der Waals surface area contributed by atoms with E-state index < -0.39 is 25.0 Å². The minimum atomic E-state index is -1.94. The van der Waals surface area contributed by atoms with Gasteiger partial charge in [-0.1, -0.05) is 119 Å². The van der Waals surface area contributed by atoms with Crippen LogP contribution in [0.25, 0.3) is 0 Å². The summed E-state index contributed by atoms with van der Waals surface area (Å²) in [5.74, 6) is 0.768. The molecule has 1 aliphatic rings. The van der Waals surface area contributed by atoms with E-state index in [9.17, 15) is 0 Å². The average molecular weight is 679 g/mol. The largest absolute Gasteiger partial charge is 0.560 e. The lowest BCUT2D eigenvalue weighted by Crippen LogP contribution is -2.49. The smallest absolute Gasteiger partial charge is 0.192 e. The Hall–Kier alpha value is -0.249. The Morgan fingerprint density at radius 3 is 1.67 bits per heavy atom. The highest BCUT2D eigenvalue weighted by atomic mass is 28.4. The van der Waals surface area contributed by atoms with Crippen molar-refractivity contribution in [1.82, 2.24) is 0 Å². The van der Waals surface area contributed by atoms with Crippen molar-refractivity contribution in [3.05, 3.63) is 36.0 Å². The van der Waals surface area contributed by atoms with Crippen LogP contribution in [0.2, 0.25) is 54.4 Å². The molecular formula is C39H78O3Si3-. The molecule has 0 aromatic rings. The van der Waals surface area contributed by atoms with Crippen LogP contribution in [0.1, 0.15) is 134 Å². The van der Waals surface area contributed by atoms with Crippen LogP contribution in [0.3, 0.4) is 0 Å². The second-order valence-electron chi connectivity index (χ2n) is 18.0. The van der Waals surface area contributed by atoms with Crippen LogP contribution in [-0.4, -0.2) is 42.8 Å². The van der Waals surface area contributed by atoms with E-state index in [2.05, 4.69) is 134 Å². The van der Waals surface area contributed by atoms with E-state index in [4.69, 9.17) is 13.3 Å². The fraction of sp³-hybridized carbons (Fsp3) is 0.846. The maximum atomic E-state index is 6.99. The Bertz CT molecular complexity index is 911. The van der Waals surface area contributed by atoms with Crippen molar-refractivity contribution < 1.29 is 13.3 Å². The standard InChI is InChI=1S/C39H78O3Si3/c1-18-45(19-2,20-3)42-39(12,13)29-25-27-32(4)26-23-21-22-24-28-34-30-35(40-43(14,15)37(6,7)8)33(5)36(31-34)41-44(16,17)38(9,10)11/h22,24,28,32,35-36H,5,18-21,23,25-27,29-31H2,1-4,6-17H3/q-1/b24-22+/t32-,35-,36-/m1/s1. The van der Waals surface area contributed by atoms with Gasteiger partial charge in [-0.05, 0) is 102 Å². The highest BCUT2D eigenvalue weighted by Crippen LogP contribution is 2.44. The van der Waals surface area contributed by atoms with E-state index in [0.717, 1.165) is 30.8 Å². The summed E-state index contributed by atoms with van der Waals surface area (Å²) in [6.45, 7) is 42.0. The Morgan fingerprint density at radius 1 is 0.800 bits per heavy atom. The van der Waals surface area contributed by atoms with Crippen LogP contribution in [0.4, 0.5) is 0 Å². The molecule has 0 N–H and O–H groups in total. The number of rotatable bonds is 18. The molecule has 265 valence electrons. The maximum absolute atomic E-state index is 6.99. The van der Waals surface area contributed by atoms with Crippen LogP contribution in [0.5, 0.6) is 0 Å². The Labute approximate surface area is 285 Å². The minimum Gasteiger partial charge on any atom is -0.560 e. The first-order valence-corrected chi connectivity index (χ1v) is 26.9. The molecule has 0 aromatic carbocycles. The number of allylic oxidation sites excluding steroid dienone is 3. The minimum absolute atomic E-state index is 0.0131. The SMILES string of the molecule is C=C1[C@H](O[Si](C)(C)C(C)(C)C)CC(=C/C=C/CCC[C@@H](C)CCCC(C)(C)O[Si-](CC)(CC)CC)C[C@H]1O[Si](C)(C)C(C)(C)C. The zero-order valence-corrected chi connectivity index (χ0v) is 36.2. The van der Waals surface area contributed by atoms with Gasteiger partial charge in [0, 0.05) is 5.60 Å². The molecule has 0 saturated heterocycles. The summed E-state index contributed by atoms with van der Waals surface area (Å²) in [6.07, 6.45) is 16.4. The Balaban J connectivity index is 2.76. The van der Waals surface area contributed by atoms with Gasteiger partial charge >= 0.3 is 0 Å². The molecule has 0 spiro atoms. The average Bonchev–Trinajstić information content (AvgIpc) is 2.90. The zero-order chi connectivity index (χ0) is 34.9. The fourth-order valence-corrected chi connectivity index (χ4v) is 11.8. The van der Waals surface area contributed by atoms with Gasteiger partial charge in [-0.2, -0.15) is 0 Å². The molecule has 0 unspecified atom stereocenters. The molecular weight excluding hydrogens is 601 g/mol. The molecule has 1 fully saturated rings. The van der Waals surface area contributed by atoms with Gasteiger partial charge in [0.25, 0.3) is 0 Å². The van der Waals surface area contributed by atoms with Crippen LogP contribution in [0, 0.1) is 5.92 Å². The van der Waals surface area contributed by atoms with Crippen LogP contribution in [-0.2, 0) is 13.3 Å². The lowest BCUT2D eigenvalue weighted by atomic mass is 9.86. The molecule has 45 heavy (non-hydrogen) atoms. The normalized spacial score (nSPS) is 20.3. The van der Waals surface area contributed by atoms with Crippen molar-refractivity contribution in [3.63, 3.8) is 0 Å². The van der Waals surface area contributed by atoms with Gasteiger partial charge in [-0.3, -0.25) is 0 Å². The highest BCUT2D eigenvalue weighted by Gasteiger charge is 2.45. The Morgan fingerprint density at radius 2 is 1.24 bits per heavy atom. The Kier molecular flexibility index (Phi) is 16.6. The van der Waals surface area contributed by atoms with E-state index in [1.165, 1.54) is 55.8 Å². The number of hydrogen-bond donors (Lipinski definition) is 0. The maximum Gasteiger partial charge on any atom is 0.192 e. The molecule has 0 amide bonds. The molecule has 1 rings (SSSR count). The predicted molar refractivity (Wildman–Crippen MR) is 209 cm³/mol. The summed E-state index contributed by atoms with van der Waals surface area (Å²) in [5.41, 5.74) is 2.60. The lowest BCUT2D eigenvalue weighted by molar-refractivity contribution is 0.0815. The lowest BCUT2D eigenvalue weighted by Gasteiger charge is -2.49. The molecule has 0 radical (unpaired) electrons. The third kappa shape index (κ3) is 13.6. The molecule has 3 nitrogen and oxygen atoms in total. The van der Waals surface area contributed by atoms with Crippen molar-refractivity contribution in [2.45, 2.75) is 207 Å². The molecule has 1 saturated carbocycles. The molecule has 6 heteroatoms. The zero-order valence-electron chi connectivity index (χ0n) is 33.2. The van der Waals surface area contributed by atoms with Gasteiger partial charge in [0.15, 0.2) is 16.6 Å².